The second-order valence-electron chi connectivity index (χ2n) is 10.3. The van der Waals surface area contributed by atoms with Gasteiger partial charge in [-0.2, -0.15) is 0 Å². The molecule has 0 saturated heterocycles. The Bertz CT molecular complexity index is 974. The van der Waals surface area contributed by atoms with Gasteiger partial charge < -0.3 is 0 Å². The van der Waals surface area contributed by atoms with Gasteiger partial charge in [0, 0.05) is 61.1 Å². The van der Waals surface area contributed by atoms with E-state index < -0.39 is 0 Å². The number of rotatable bonds is 6. The summed E-state index contributed by atoms with van der Waals surface area (Å²) in [5.41, 5.74) is 2.81. The fourth-order valence-electron chi connectivity index (χ4n) is 4.26. The van der Waals surface area contributed by atoms with Crippen molar-refractivity contribution >= 4 is 40.8 Å². The van der Waals surface area contributed by atoms with Crippen molar-refractivity contribution in [2.24, 2.45) is 5.41 Å². The van der Waals surface area contributed by atoms with E-state index in [2.05, 4.69) is 61.4 Å². The summed E-state index contributed by atoms with van der Waals surface area (Å²) < 4.78 is 0. The molecule has 0 fully saturated rings. The van der Waals surface area contributed by atoms with E-state index in [-0.39, 0.29) is 44.8 Å². The standard InChI is InChI=1S/C11H27P3.3C7H5N.W/c1-11(8-12(2)3,9-13(4)5)10-14(6)7;3*1-8-7-5-3-2-4-6-7;/h8-10H2,1-7H3;3*2-6H;/p+3. The number of hydrogen-bond acceptors (Lipinski definition) is 0. The van der Waals surface area contributed by atoms with E-state index >= 15 is 0 Å². The van der Waals surface area contributed by atoms with E-state index in [1.807, 2.05) is 54.6 Å². The molecule has 0 spiro atoms. The summed E-state index contributed by atoms with van der Waals surface area (Å²) >= 11 is 0. The smallest absolute Gasteiger partial charge is 0.187 e. The van der Waals surface area contributed by atoms with E-state index in [4.69, 9.17) is 19.7 Å². The Morgan fingerprint density at radius 1 is 0.487 bits per heavy atom. The van der Waals surface area contributed by atoms with Gasteiger partial charge in [-0.3, -0.25) is 0 Å². The van der Waals surface area contributed by atoms with E-state index in [0.29, 0.717) is 22.5 Å². The van der Waals surface area contributed by atoms with Gasteiger partial charge >= 0.3 is 0 Å². The molecule has 3 rings (SSSR count). The van der Waals surface area contributed by atoms with Gasteiger partial charge in [0.15, 0.2) is 17.1 Å². The molecule has 0 bridgehead atoms. The monoisotopic (exact) mass is 748 g/mol. The van der Waals surface area contributed by atoms with Crippen molar-refractivity contribution in [3.8, 4) is 0 Å². The van der Waals surface area contributed by atoms with Crippen LogP contribution in [0.2, 0.25) is 0 Å². The van der Waals surface area contributed by atoms with Gasteiger partial charge in [0.1, 0.15) is 0 Å². The molecule has 0 unspecified atom stereocenters. The normalized spacial score (nSPS) is 9.62. The number of hydrogen-bond donors (Lipinski definition) is 0. The van der Waals surface area contributed by atoms with Gasteiger partial charge in [-0.25, -0.2) is 14.5 Å². The van der Waals surface area contributed by atoms with E-state index in [1.165, 1.54) is 18.5 Å². The molecule has 3 aromatic carbocycles. The predicted octanol–water partition coefficient (Wildman–Crippen LogP) is 10.1. The first-order valence-corrected chi connectivity index (χ1v) is 20.8. The Morgan fingerprint density at radius 2 is 0.692 bits per heavy atom. The molecule has 7 heteroatoms. The summed E-state index contributed by atoms with van der Waals surface area (Å²) in [5, 5.41) is 0. The predicted molar refractivity (Wildman–Crippen MR) is 181 cm³/mol. The number of benzene rings is 3. The van der Waals surface area contributed by atoms with Crippen LogP contribution in [0.25, 0.3) is 14.5 Å². The second-order valence-corrected chi connectivity index (χ2v) is 18.6. The Morgan fingerprint density at radius 3 is 0.821 bits per heavy atom. The second kappa shape index (κ2) is 23.9. The molecule has 0 saturated carbocycles. The van der Waals surface area contributed by atoms with Crippen LogP contribution < -0.4 is 0 Å². The van der Waals surface area contributed by atoms with Crippen molar-refractivity contribution in [1.29, 1.82) is 0 Å². The largest absolute Gasteiger partial charge is 0.238 e. The fourth-order valence-corrected chi connectivity index (χ4v) is 10.9. The van der Waals surface area contributed by atoms with E-state index in [1.54, 1.807) is 36.4 Å². The van der Waals surface area contributed by atoms with Crippen LogP contribution in [0.4, 0.5) is 17.1 Å². The zero-order chi connectivity index (χ0) is 28.8. The minimum atomic E-state index is -0.0489. The van der Waals surface area contributed by atoms with Crippen molar-refractivity contribution in [2.75, 3.05) is 58.5 Å². The Labute approximate surface area is 256 Å². The zero-order valence-electron chi connectivity index (χ0n) is 24.5. The van der Waals surface area contributed by atoms with E-state index in [9.17, 15) is 0 Å². The molecule has 0 heterocycles. The molecule has 39 heavy (non-hydrogen) atoms. The maximum absolute atomic E-state index is 6.57. The number of nitrogens with zero attached hydrogens (tertiary/aromatic N) is 3. The molecule has 0 N–H and O–H groups in total. The Kier molecular flexibility index (Phi) is 24.1. The molecule has 0 atom stereocenters. The van der Waals surface area contributed by atoms with Crippen LogP contribution in [-0.4, -0.2) is 58.5 Å². The van der Waals surface area contributed by atoms with Crippen LogP contribution in [-0.2, 0) is 21.1 Å². The zero-order valence-corrected chi connectivity index (χ0v) is 30.5. The third kappa shape index (κ3) is 22.6. The summed E-state index contributed by atoms with van der Waals surface area (Å²) in [6.45, 7) is 37.1. The molecular formula is C32H45N3P3W+3. The van der Waals surface area contributed by atoms with Gasteiger partial charge in [-0.05, 0) is 30.7 Å². The maximum atomic E-state index is 6.57. The summed E-state index contributed by atoms with van der Waals surface area (Å²) in [7, 11) is -0.147. The third-order valence-electron chi connectivity index (χ3n) is 5.00. The van der Waals surface area contributed by atoms with Crippen molar-refractivity contribution in [3.63, 3.8) is 0 Å². The molecule has 0 radical (unpaired) electrons. The fraction of sp³-hybridized carbons (Fsp3) is 0.344. The summed E-state index contributed by atoms with van der Waals surface area (Å²) in [6.07, 6.45) is 4.59. The molecule has 0 amide bonds. The van der Waals surface area contributed by atoms with Gasteiger partial charge in [0.2, 0.25) is 0 Å². The summed E-state index contributed by atoms with van der Waals surface area (Å²) in [6, 6.07) is 27.5. The van der Waals surface area contributed by atoms with Crippen molar-refractivity contribution in [1.82, 2.24) is 0 Å². The quantitative estimate of drug-likeness (QED) is 0.176. The first kappa shape index (κ1) is 39.3. The summed E-state index contributed by atoms with van der Waals surface area (Å²) in [5.74, 6) is 0. The van der Waals surface area contributed by atoms with Crippen LogP contribution in [0.5, 0.6) is 0 Å². The molecule has 0 aliphatic carbocycles. The average molecular weight is 748 g/mol. The van der Waals surface area contributed by atoms with Crippen LogP contribution >= 0.6 is 23.8 Å². The van der Waals surface area contributed by atoms with Crippen LogP contribution in [0.15, 0.2) is 91.0 Å². The molecular weight excluding hydrogens is 703 g/mol. The first-order chi connectivity index (χ1) is 18.0. The minimum absolute atomic E-state index is 0. The van der Waals surface area contributed by atoms with Gasteiger partial charge in [-0.1, -0.05) is 91.0 Å². The van der Waals surface area contributed by atoms with Gasteiger partial charge in [-0.15, -0.1) is 0 Å². The first-order valence-electron chi connectivity index (χ1n) is 12.7. The maximum Gasteiger partial charge on any atom is 0.187 e. The molecule has 0 aliphatic rings. The van der Waals surface area contributed by atoms with E-state index in [0.717, 1.165) is 0 Å². The molecule has 206 valence electrons. The van der Waals surface area contributed by atoms with Gasteiger partial charge in [0.05, 0.1) is 43.6 Å². The Balaban J connectivity index is 0. The van der Waals surface area contributed by atoms with Gasteiger partial charge in [0.25, 0.3) is 0 Å². The topological polar surface area (TPSA) is 13.1 Å². The van der Waals surface area contributed by atoms with Crippen molar-refractivity contribution in [3.05, 3.63) is 125 Å². The molecule has 0 aromatic heterocycles. The number of para-hydroxylation sites is 3. The minimum Gasteiger partial charge on any atom is -0.238 e. The summed E-state index contributed by atoms with van der Waals surface area (Å²) in [4.78, 5) is 9.66. The van der Waals surface area contributed by atoms with Crippen molar-refractivity contribution in [2.45, 2.75) is 6.92 Å². The van der Waals surface area contributed by atoms with Crippen molar-refractivity contribution < 1.29 is 21.1 Å². The molecule has 3 nitrogen and oxygen atoms in total. The van der Waals surface area contributed by atoms with Crippen LogP contribution in [0, 0.1) is 25.1 Å². The Hall–Kier alpha value is -1.89. The SMILES string of the molecule is C[PH+](C)CC(C)(C[PH+](C)C)C[PH+](C)C.[C-]#[N+]c1ccccc1.[C-]#[N+]c1ccccc1.[C-]#[N+]c1ccccc1.[W]. The average Bonchev–Trinajstić information content (AvgIpc) is 2.89. The third-order valence-corrected chi connectivity index (χ3v) is 9.68. The van der Waals surface area contributed by atoms with Crippen LogP contribution in [0.3, 0.4) is 0 Å². The molecule has 0 aliphatic heterocycles. The molecule has 3 aromatic rings. The van der Waals surface area contributed by atoms with Crippen LogP contribution in [0.1, 0.15) is 6.92 Å².